The minimum Gasteiger partial charge on any atom is -0.373 e. The first kappa shape index (κ1) is 13.6. The van der Waals surface area contributed by atoms with Gasteiger partial charge in [0, 0.05) is 22.3 Å². The molecule has 4 heteroatoms. The van der Waals surface area contributed by atoms with Gasteiger partial charge in [-0.25, -0.2) is 0 Å². The van der Waals surface area contributed by atoms with Gasteiger partial charge in [0.1, 0.15) is 6.04 Å². The molecule has 0 bridgehead atoms. The lowest BCUT2D eigenvalue weighted by molar-refractivity contribution is -0.132. The zero-order valence-electron chi connectivity index (χ0n) is 10.7. The van der Waals surface area contributed by atoms with E-state index in [9.17, 15) is 4.79 Å². The number of carbonyl (C=O) groups excluding carboxylic acids is 1. The molecule has 1 atom stereocenters. The summed E-state index contributed by atoms with van der Waals surface area (Å²) in [5, 5.41) is 3.31. The average Bonchev–Trinajstić information content (AvgIpc) is 2.41. The molecule has 1 aliphatic heterocycles. The van der Waals surface area contributed by atoms with E-state index < -0.39 is 0 Å². The number of amides is 1. The Morgan fingerprint density at radius 1 is 1.28 bits per heavy atom. The van der Waals surface area contributed by atoms with Crippen LogP contribution in [-0.4, -0.2) is 29.9 Å². The largest absolute Gasteiger partial charge is 0.373 e. The van der Waals surface area contributed by atoms with Crippen LogP contribution in [-0.2, 0) is 4.79 Å². The van der Waals surface area contributed by atoms with Gasteiger partial charge in [0.25, 0.3) is 0 Å². The van der Waals surface area contributed by atoms with Gasteiger partial charge in [-0.2, -0.15) is 0 Å². The van der Waals surface area contributed by atoms with E-state index >= 15 is 0 Å². The molecule has 1 amide bonds. The zero-order valence-corrected chi connectivity index (χ0v) is 12.8. The highest BCUT2D eigenvalue weighted by atomic mass is 127. The molecule has 3 nitrogen and oxygen atoms in total. The van der Waals surface area contributed by atoms with Crippen molar-refractivity contribution >= 4 is 34.2 Å². The van der Waals surface area contributed by atoms with Crippen LogP contribution in [0.3, 0.4) is 0 Å². The van der Waals surface area contributed by atoms with Gasteiger partial charge in [0.05, 0.1) is 0 Å². The van der Waals surface area contributed by atoms with Gasteiger partial charge in [0.2, 0.25) is 5.91 Å². The molecular formula is C14H19IN2O. The Balaban J connectivity index is 1.96. The van der Waals surface area contributed by atoms with Crippen LogP contribution < -0.4 is 5.32 Å². The lowest BCUT2D eigenvalue weighted by Gasteiger charge is -2.29. The molecule has 1 aliphatic rings. The van der Waals surface area contributed by atoms with Crippen molar-refractivity contribution in [2.24, 2.45) is 0 Å². The maximum atomic E-state index is 12.3. The molecule has 1 aromatic carbocycles. The maximum Gasteiger partial charge on any atom is 0.244 e. The Bertz CT molecular complexity index is 416. The van der Waals surface area contributed by atoms with E-state index in [1.165, 1.54) is 6.42 Å². The molecule has 2 rings (SSSR count). The van der Waals surface area contributed by atoms with Gasteiger partial charge in [0.15, 0.2) is 0 Å². The number of benzene rings is 1. The molecule has 1 saturated heterocycles. The Morgan fingerprint density at radius 3 is 2.61 bits per heavy atom. The zero-order chi connectivity index (χ0) is 13.0. The molecule has 0 saturated carbocycles. The van der Waals surface area contributed by atoms with Gasteiger partial charge >= 0.3 is 0 Å². The van der Waals surface area contributed by atoms with Crippen LogP contribution in [0.2, 0.25) is 0 Å². The molecule has 1 aromatic rings. The summed E-state index contributed by atoms with van der Waals surface area (Å²) < 4.78 is 1.15. The lowest BCUT2D eigenvalue weighted by Crippen LogP contribution is -2.43. The first-order valence-corrected chi connectivity index (χ1v) is 7.56. The summed E-state index contributed by atoms with van der Waals surface area (Å²) in [6.45, 7) is 3.77. The van der Waals surface area contributed by atoms with Crippen LogP contribution in [0, 0.1) is 3.57 Å². The van der Waals surface area contributed by atoms with Gasteiger partial charge in [-0.15, -0.1) is 0 Å². The number of rotatable bonds is 3. The molecule has 98 valence electrons. The van der Waals surface area contributed by atoms with Crippen LogP contribution in [0.15, 0.2) is 24.3 Å². The summed E-state index contributed by atoms with van der Waals surface area (Å²) in [5.41, 5.74) is 1.04. The summed E-state index contributed by atoms with van der Waals surface area (Å²) in [6.07, 6.45) is 3.53. The van der Waals surface area contributed by atoms with E-state index in [-0.39, 0.29) is 11.9 Å². The number of hydrogen-bond acceptors (Lipinski definition) is 2. The number of halogens is 1. The van der Waals surface area contributed by atoms with Crippen molar-refractivity contribution in [1.29, 1.82) is 0 Å². The minimum absolute atomic E-state index is 0.154. The normalized spacial score (nSPS) is 17.3. The van der Waals surface area contributed by atoms with Crippen LogP contribution in [0.1, 0.15) is 26.2 Å². The highest BCUT2D eigenvalue weighted by Crippen LogP contribution is 2.19. The van der Waals surface area contributed by atoms with Crippen molar-refractivity contribution in [2.75, 3.05) is 18.4 Å². The summed E-state index contributed by atoms with van der Waals surface area (Å²) in [5.74, 6) is 0.217. The highest BCUT2D eigenvalue weighted by Gasteiger charge is 2.22. The van der Waals surface area contributed by atoms with E-state index in [2.05, 4.69) is 27.9 Å². The lowest BCUT2D eigenvalue weighted by atomic mass is 10.1. The average molecular weight is 358 g/mol. The van der Waals surface area contributed by atoms with Crippen molar-refractivity contribution in [3.05, 3.63) is 27.8 Å². The van der Waals surface area contributed by atoms with Crippen LogP contribution in [0.4, 0.5) is 5.69 Å². The maximum absolute atomic E-state index is 12.3. The third-order valence-corrected chi connectivity index (χ3v) is 4.22. The first-order chi connectivity index (χ1) is 8.68. The highest BCUT2D eigenvalue weighted by molar-refractivity contribution is 14.1. The molecule has 0 spiro atoms. The molecule has 0 aliphatic carbocycles. The topological polar surface area (TPSA) is 32.3 Å². The van der Waals surface area contributed by atoms with Crippen molar-refractivity contribution in [2.45, 2.75) is 32.2 Å². The molecule has 0 radical (unpaired) electrons. The smallest absolute Gasteiger partial charge is 0.244 e. The van der Waals surface area contributed by atoms with Gasteiger partial charge in [-0.3, -0.25) is 4.79 Å². The van der Waals surface area contributed by atoms with Crippen molar-refractivity contribution in [3.8, 4) is 0 Å². The fourth-order valence-electron chi connectivity index (χ4n) is 2.26. The van der Waals surface area contributed by atoms with E-state index in [1.54, 1.807) is 0 Å². The number of nitrogens with one attached hydrogen (secondary N) is 1. The fourth-order valence-corrected chi connectivity index (χ4v) is 2.80. The third kappa shape index (κ3) is 3.37. The number of carbonyl (C=O) groups is 1. The quantitative estimate of drug-likeness (QED) is 0.843. The molecule has 1 unspecified atom stereocenters. The van der Waals surface area contributed by atoms with Gasteiger partial charge < -0.3 is 10.2 Å². The Morgan fingerprint density at radius 2 is 1.94 bits per heavy atom. The summed E-state index contributed by atoms with van der Waals surface area (Å²) in [7, 11) is 0. The number of para-hydroxylation sites is 1. The van der Waals surface area contributed by atoms with E-state index in [0.717, 1.165) is 35.2 Å². The Hall–Kier alpha value is -0.780. The molecule has 1 N–H and O–H groups in total. The predicted molar refractivity (Wildman–Crippen MR) is 82.7 cm³/mol. The fraction of sp³-hybridized carbons (Fsp3) is 0.500. The number of piperidine rings is 1. The Labute approximate surface area is 122 Å². The monoisotopic (exact) mass is 358 g/mol. The second-order valence-electron chi connectivity index (χ2n) is 4.73. The predicted octanol–water partition coefficient (Wildman–Crippen LogP) is 3.10. The van der Waals surface area contributed by atoms with Gasteiger partial charge in [-0.05, 0) is 60.9 Å². The standard InChI is InChI=1S/C14H19IN2O/c1-11(14(18)17-9-5-2-6-10-17)16-13-8-4-3-7-12(13)15/h3-4,7-8,11,16H,2,5-6,9-10H2,1H3. The summed E-state index contributed by atoms with van der Waals surface area (Å²) in [6, 6.07) is 7.90. The Kier molecular flexibility index (Phi) is 4.86. The molecule has 1 heterocycles. The summed E-state index contributed by atoms with van der Waals surface area (Å²) >= 11 is 2.28. The molecule has 0 aromatic heterocycles. The van der Waals surface area contributed by atoms with Gasteiger partial charge in [-0.1, -0.05) is 12.1 Å². The van der Waals surface area contributed by atoms with E-state index in [1.807, 2.05) is 36.1 Å². The first-order valence-electron chi connectivity index (χ1n) is 6.48. The number of likely N-dealkylation sites (tertiary alicyclic amines) is 1. The van der Waals surface area contributed by atoms with Crippen molar-refractivity contribution in [3.63, 3.8) is 0 Å². The second-order valence-corrected chi connectivity index (χ2v) is 5.89. The number of anilines is 1. The summed E-state index contributed by atoms with van der Waals surface area (Å²) in [4.78, 5) is 14.3. The van der Waals surface area contributed by atoms with E-state index in [4.69, 9.17) is 0 Å². The number of hydrogen-bond donors (Lipinski definition) is 1. The van der Waals surface area contributed by atoms with Crippen LogP contribution >= 0.6 is 22.6 Å². The van der Waals surface area contributed by atoms with Crippen LogP contribution in [0.5, 0.6) is 0 Å². The number of nitrogens with zero attached hydrogens (tertiary/aromatic N) is 1. The van der Waals surface area contributed by atoms with Crippen molar-refractivity contribution in [1.82, 2.24) is 4.90 Å². The van der Waals surface area contributed by atoms with Crippen molar-refractivity contribution < 1.29 is 4.79 Å². The van der Waals surface area contributed by atoms with E-state index in [0.29, 0.717) is 0 Å². The van der Waals surface area contributed by atoms with Crippen LogP contribution in [0.25, 0.3) is 0 Å². The third-order valence-electron chi connectivity index (χ3n) is 3.28. The minimum atomic E-state index is -0.154. The SMILES string of the molecule is CC(Nc1ccccc1I)C(=O)N1CCCCC1. The molecular weight excluding hydrogens is 339 g/mol. The molecule has 18 heavy (non-hydrogen) atoms. The molecule has 1 fully saturated rings. The second kappa shape index (κ2) is 6.41.